The second-order valence-electron chi connectivity index (χ2n) is 6.58. The van der Waals surface area contributed by atoms with E-state index in [-0.39, 0.29) is 36.6 Å². The average molecular weight is 544 g/mol. The standard InChI is InChI=1S/C19H27F3N4O3.HI/c1-23-19(26-8-6-13(7-9-26)29-11-3-10-28-2)24-12-16(27)25-15-5-4-14(20)17(21)18(15)22;/h4-5,13H,3,6-12H2,1-2H3,(H,23,24)(H,25,27);1H. The number of ether oxygens (including phenoxy) is 2. The molecule has 0 radical (unpaired) electrons. The number of hydrogen-bond donors (Lipinski definition) is 2. The zero-order chi connectivity index (χ0) is 21.2. The molecule has 170 valence electrons. The maximum Gasteiger partial charge on any atom is 0.243 e. The number of carbonyl (C=O) groups excluding carboxylic acids is 1. The molecule has 0 bridgehead atoms. The van der Waals surface area contributed by atoms with Gasteiger partial charge in [-0.15, -0.1) is 24.0 Å². The number of carbonyl (C=O) groups is 1. The number of aliphatic imine (C=N–C) groups is 1. The van der Waals surface area contributed by atoms with E-state index in [1.165, 1.54) is 0 Å². The Labute approximate surface area is 191 Å². The molecule has 1 aromatic carbocycles. The van der Waals surface area contributed by atoms with Gasteiger partial charge in [-0.2, -0.15) is 0 Å². The van der Waals surface area contributed by atoms with Crippen LogP contribution >= 0.6 is 24.0 Å². The van der Waals surface area contributed by atoms with E-state index in [0.717, 1.165) is 31.4 Å². The number of likely N-dealkylation sites (tertiary alicyclic amines) is 1. The molecule has 1 aromatic rings. The first-order chi connectivity index (χ1) is 14.0. The van der Waals surface area contributed by atoms with Crippen LogP contribution in [0.3, 0.4) is 0 Å². The Morgan fingerprint density at radius 1 is 1.20 bits per heavy atom. The lowest BCUT2D eigenvalue weighted by atomic mass is 10.1. The summed E-state index contributed by atoms with van der Waals surface area (Å²) in [4.78, 5) is 18.2. The largest absolute Gasteiger partial charge is 0.385 e. The highest BCUT2D eigenvalue weighted by molar-refractivity contribution is 14.0. The summed E-state index contributed by atoms with van der Waals surface area (Å²) in [6, 6.07) is 1.72. The lowest BCUT2D eigenvalue weighted by Gasteiger charge is -2.34. The Morgan fingerprint density at radius 2 is 1.90 bits per heavy atom. The van der Waals surface area contributed by atoms with Crippen LogP contribution in [-0.2, 0) is 14.3 Å². The van der Waals surface area contributed by atoms with Gasteiger partial charge < -0.3 is 25.0 Å². The number of nitrogens with zero attached hydrogens (tertiary/aromatic N) is 2. The fourth-order valence-electron chi connectivity index (χ4n) is 3.00. The molecule has 0 atom stereocenters. The van der Waals surface area contributed by atoms with Gasteiger partial charge in [0, 0.05) is 40.5 Å². The van der Waals surface area contributed by atoms with Gasteiger partial charge in [0.15, 0.2) is 23.4 Å². The predicted octanol–water partition coefficient (Wildman–Crippen LogP) is 2.75. The van der Waals surface area contributed by atoms with Crippen LogP contribution in [0.2, 0.25) is 0 Å². The Bertz CT molecular complexity index is 717. The highest BCUT2D eigenvalue weighted by Gasteiger charge is 2.22. The lowest BCUT2D eigenvalue weighted by Crippen LogP contribution is -2.48. The zero-order valence-corrected chi connectivity index (χ0v) is 19.4. The molecular weight excluding hydrogens is 516 g/mol. The Hall–Kier alpha value is -1.60. The van der Waals surface area contributed by atoms with E-state index in [1.807, 2.05) is 4.90 Å². The van der Waals surface area contributed by atoms with Crippen LogP contribution in [0, 0.1) is 17.5 Å². The van der Waals surface area contributed by atoms with E-state index in [9.17, 15) is 18.0 Å². The summed E-state index contributed by atoms with van der Waals surface area (Å²) in [5.41, 5.74) is -0.419. The van der Waals surface area contributed by atoms with E-state index in [2.05, 4.69) is 15.6 Å². The van der Waals surface area contributed by atoms with Crippen molar-refractivity contribution in [3.63, 3.8) is 0 Å². The summed E-state index contributed by atoms with van der Waals surface area (Å²) in [6.07, 6.45) is 2.70. The van der Waals surface area contributed by atoms with E-state index >= 15 is 0 Å². The number of benzene rings is 1. The molecule has 2 N–H and O–H groups in total. The van der Waals surface area contributed by atoms with E-state index < -0.39 is 29.0 Å². The molecule has 2 rings (SSSR count). The van der Waals surface area contributed by atoms with Gasteiger partial charge in [0.05, 0.1) is 18.3 Å². The van der Waals surface area contributed by atoms with Crippen LogP contribution in [0.5, 0.6) is 0 Å². The smallest absolute Gasteiger partial charge is 0.243 e. The first-order valence-corrected chi connectivity index (χ1v) is 9.45. The third kappa shape index (κ3) is 7.91. The van der Waals surface area contributed by atoms with Crippen LogP contribution in [-0.4, -0.2) is 69.9 Å². The van der Waals surface area contributed by atoms with E-state index in [1.54, 1.807) is 14.2 Å². The minimum absolute atomic E-state index is 0. The van der Waals surface area contributed by atoms with Crippen LogP contribution in [0.25, 0.3) is 0 Å². The number of hydrogen-bond acceptors (Lipinski definition) is 4. The van der Waals surface area contributed by atoms with Crippen LogP contribution < -0.4 is 10.6 Å². The number of amides is 1. The van der Waals surface area contributed by atoms with Crippen molar-refractivity contribution in [2.24, 2.45) is 4.99 Å². The van der Waals surface area contributed by atoms with Gasteiger partial charge in [-0.05, 0) is 31.4 Å². The maximum absolute atomic E-state index is 13.6. The van der Waals surface area contributed by atoms with Crippen molar-refractivity contribution in [2.75, 3.05) is 52.3 Å². The van der Waals surface area contributed by atoms with Gasteiger partial charge in [-0.25, -0.2) is 13.2 Å². The zero-order valence-electron chi connectivity index (χ0n) is 17.1. The normalized spacial score (nSPS) is 15.0. The first kappa shape index (κ1) is 26.4. The predicted molar refractivity (Wildman–Crippen MR) is 119 cm³/mol. The molecule has 1 aliphatic heterocycles. The van der Waals surface area contributed by atoms with Gasteiger partial charge >= 0.3 is 0 Å². The molecule has 1 aliphatic rings. The van der Waals surface area contributed by atoms with E-state index in [0.29, 0.717) is 32.3 Å². The van der Waals surface area contributed by atoms with Gasteiger partial charge in [0.25, 0.3) is 0 Å². The number of piperidine rings is 1. The Kier molecular flexibility index (Phi) is 12.0. The van der Waals surface area contributed by atoms with Gasteiger partial charge in [-0.3, -0.25) is 9.79 Å². The second kappa shape index (κ2) is 13.7. The average Bonchev–Trinajstić information content (AvgIpc) is 2.73. The van der Waals surface area contributed by atoms with Gasteiger partial charge in [-0.1, -0.05) is 0 Å². The molecule has 0 saturated carbocycles. The summed E-state index contributed by atoms with van der Waals surface area (Å²) in [7, 11) is 3.26. The molecule has 11 heteroatoms. The first-order valence-electron chi connectivity index (χ1n) is 9.45. The number of halogens is 4. The monoisotopic (exact) mass is 544 g/mol. The summed E-state index contributed by atoms with van der Waals surface area (Å²) < 4.78 is 50.7. The minimum Gasteiger partial charge on any atom is -0.385 e. The van der Waals surface area contributed by atoms with Crippen molar-refractivity contribution in [1.29, 1.82) is 0 Å². The molecule has 1 saturated heterocycles. The summed E-state index contributed by atoms with van der Waals surface area (Å²) in [5.74, 6) is -4.45. The minimum atomic E-state index is -1.63. The molecule has 0 aromatic heterocycles. The quantitative estimate of drug-likeness (QED) is 0.173. The topological polar surface area (TPSA) is 75.2 Å². The number of guanidine groups is 1. The van der Waals surface area contributed by atoms with Crippen molar-refractivity contribution in [3.8, 4) is 0 Å². The molecule has 0 spiro atoms. The van der Waals surface area contributed by atoms with Crippen molar-refractivity contribution in [3.05, 3.63) is 29.6 Å². The van der Waals surface area contributed by atoms with Crippen LogP contribution in [0.1, 0.15) is 19.3 Å². The van der Waals surface area contributed by atoms with Gasteiger partial charge in [0.1, 0.15) is 0 Å². The molecule has 0 unspecified atom stereocenters. The Morgan fingerprint density at radius 3 is 2.53 bits per heavy atom. The fraction of sp³-hybridized carbons (Fsp3) is 0.579. The summed E-state index contributed by atoms with van der Waals surface area (Å²) in [5, 5.41) is 5.11. The molecule has 30 heavy (non-hydrogen) atoms. The molecule has 0 aliphatic carbocycles. The molecule has 7 nitrogen and oxygen atoms in total. The number of rotatable bonds is 8. The van der Waals surface area contributed by atoms with Crippen molar-refractivity contribution < 1.29 is 27.4 Å². The van der Waals surface area contributed by atoms with Crippen LogP contribution in [0.4, 0.5) is 18.9 Å². The highest BCUT2D eigenvalue weighted by atomic mass is 127. The second-order valence-corrected chi connectivity index (χ2v) is 6.58. The number of nitrogens with one attached hydrogen (secondary N) is 2. The Balaban J connectivity index is 0.00000450. The van der Waals surface area contributed by atoms with Crippen molar-refractivity contribution >= 4 is 41.5 Å². The number of anilines is 1. The highest BCUT2D eigenvalue weighted by Crippen LogP contribution is 2.19. The van der Waals surface area contributed by atoms with Crippen molar-refractivity contribution in [2.45, 2.75) is 25.4 Å². The van der Waals surface area contributed by atoms with Gasteiger partial charge in [0.2, 0.25) is 5.91 Å². The maximum atomic E-state index is 13.6. The third-order valence-electron chi connectivity index (χ3n) is 4.52. The van der Waals surface area contributed by atoms with E-state index in [4.69, 9.17) is 9.47 Å². The molecular formula is C19H28F3IN4O3. The fourth-order valence-corrected chi connectivity index (χ4v) is 3.00. The molecule has 1 fully saturated rings. The molecule has 1 amide bonds. The van der Waals surface area contributed by atoms with Crippen LogP contribution in [0.15, 0.2) is 17.1 Å². The number of methoxy groups -OCH3 is 1. The summed E-state index contributed by atoms with van der Waals surface area (Å²) >= 11 is 0. The van der Waals surface area contributed by atoms with Crippen molar-refractivity contribution in [1.82, 2.24) is 10.2 Å². The third-order valence-corrected chi connectivity index (χ3v) is 4.52. The molecule has 1 heterocycles. The summed E-state index contributed by atoms with van der Waals surface area (Å²) in [6.45, 7) is 2.57. The lowest BCUT2D eigenvalue weighted by molar-refractivity contribution is -0.115. The SMILES string of the molecule is CN=C(NCC(=O)Nc1ccc(F)c(F)c1F)N1CCC(OCCCOC)CC1.I.